The smallest absolute Gasteiger partial charge is 0.312 e. The van der Waals surface area contributed by atoms with E-state index in [9.17, 15) is 23.1 Å². The van der Waals surface area contributed by atoms with Gasteiger partial charge in [0.05, 0.1) is 35.3 Å². The van der Waals surface area contributed by atoms with Crippen molar-refractivity contribution in [3.8, 4) is 5.75 Å². The van der Waals surface area contributed by atoms with Crippen molar-refractivity contribution in [3.63, 3.8) is 0 Å². The van der Waals surface area contributed by atoms with Gasteiger partial charge in [-0.1, -0.05) is 18.2 Å². The number of aliphatic carboxylic acids is 1. The zero-order valence-electron chi connectivity index (χ0n) is 18.4. The van der Waals surface area contributed by atoms with E-state index in [1.807, 2.05) is 11.0 Å². The molecular formula is C24H24F3N3O3. The Labute approximate surface area is 189 Å². The molecule has 2 heterocycles. The number of methoxy groups -OCH3 is 1. The van der Waals surface area contributed by atoms with E-state index < -0.39 is 35.2 Å². The van der Waals surface area contributed by atoms with Gasteiger partial charge in [-0.2, -0.15) is 0 Å². The van der Waals surface area contributed by atoms with Crippen LogP contribution in [0.4, 0.5) is 24.5 Å². The van der Waals surface area contributed by atoms with Crippen LogP contribution in [0.5, 0.6) is 5.75 Å². The van der Waals surface area contributed by atoms with Crippen LogP contribution in [-0.4, -0.2) is 36.3 Å². The van der Waals surface area contributed by atoms with Crippen molar-refractivity contribution in [1.82, 2.24) is 4.98 Å². The fourth-order valence-electron chi connectivity index (χ4n) is 4.18. The topological polar surface area (TPSA) is 74.7 Å². The van der Waals surface area contributed by atoms with E-state index in [-0.39, 0.29) is 5.56 Å². The minimum Gasteiger partial charge on any atom is -0.495 e. The van der Waals surface area contributed by atoms with Gasteiger partial charge in [0.2, 0.25) is 0 Å². The van der Waals surface area contributed by atoms with Gasteiger partial charge in [-0.25, -0.2) is 13.2 Å². The molecule has 33 heavy (non-hydrogen) atoms. The highest BCUT2D eigenvalue weighted by molar-refractivity contribution is 5.96. The predicted octanol–water partition coefficient (Wildman–Crippen LogP) is 5.40. The maximum Gasteiger partial charge on any atom is 0.312 e. The second-order valence-electron chi connectivity index (χ2n) is 8.54. The summed E-state index contributed by atoms with van der Waals surface area (Å²) in [5.74, 6) is -1.23. The van der Waals surface area contributed by atoms with Crippen molar-refractivity contribution < 1.29 is 27.8 Å². The summed E-state index contributed by atoms with van der Waals surface area (Å²) < 4.78 is 46.4. The first-order chi connectivity index (χ1) is 15.6. The molecule has 1 aliphatic rings. The number of alkyl halides is 2. The van der Waals surface area contributed by atoms with Crippen LogP contribution in [0.3, 0.4) is 0 Å². The quantitative estimate of drug-likeness (QED) is 0.493. The molecule has 1 saturated heterocycles. The molecule has 0 spiro atoms. The fourth-order valence-corrected chi connectivity index (χ4v) is 4.18. The molecule has 2 N–H and O–H groups in total. The summed E-state index contributed by atoms with van der Waals surface area (Å²) in [5, 5.41) is 13.3. The van der Waals surface area contributed by atoms with Gasteiger partial charge < -0.3 is 20.1 Å². The van der Waals surface area contributed by atoms with Crippen molar-refractivity contribution in [1.29, 1.82) is 0 Å². The number of nitrogens with zero attached hydrogens (tertiary/aromatic N) is 2. The van der Waals surface area contributed by atoms with Crippen LogP contribution in [0.2, 0.25) is 0 Å². The van der Waals surface area contributed by atoms with Crippen LogP contribution in [-0.2, 0) is 4.79 Å². The SMILES string of the molecule is COc1cc2nccc(N[C@H](C)c3cccc(C(F)F)c3F)c2cc1N1CC(C)(C(=O)O)C1. The van der Waals surface area contributed by atoms with Crippen molar-refractivity contribution >= 4 is 28.2 Å². The van der Waals surface area contributed by atoms with Crippen molar-refractivity contribution in [2.75, 3.05) is 30.4 Å². The summed E-state index contributed by atoms with van der Waals surface area (Å²) in [4.78, 5) is 17.8. The minimum atomic E-state index is -2.90. The Hall–Kier alpha value is -3.49. The van der Waals surface area contributed by atoms with Crippen molar-refractivity contribution in [2.45, 2.75) is 26.3 Å². The highest BCUT2D eigenvalue weighted by atomic mass is 19.3. The molecule has 0 amide bonds. The molecule has 2 aromatic carbocycles. The Morgan fingerprint density at radius 2 is 1.94 bits per heavy atom. The zero-order valence-corrected chi connectivity index (χ0v) is 18.4. The molecule has 3 aromatic rings. The summed E-state index contributed by atoms with van der Waals surface area (Å²) in [6.45, 7) is 4.04. The molecule has 4 rings (SSSR count). The molecule has 0 aliphatic carbocycles. The number of benzene rings is 2. The van der Waals surface area contributed by atoms with E-state index in [1.165, 1.54) is 19.2 Å². The highest BCUT2D eigenvalue weighted by Crippen LogP contribution is 2.42. The van der Waals surface area contributed by atoms with Gasteiger partial charge in [0.1, 0.15) is 11.6 Å². The number of hydrogen-bond acceptors (Lipinski definition) is 5. The van der Waals surface area contributed by atoms with E-state index in [1.54, 1.807) is 32.2 Å². The second-order valence-corrected chi connectivity index (χ2v) is 8.54. The van der Waals surface area contributed by atoms with Gasteiger partial charge in [0, 0.05) is 42.0 Å². The minimum absolute atomic E-state index is 0.131. The number of ether oxygens (including phenoxy) is 1. The number of carbonyl (C=O) groups is 1. The number of hydrogen-bond donors (Lipinski definition) is 2. The Bertz CT molecular complexity index is 1210. The summed E-state index contributed by atoms with van der Waals surface area (Å²) in [6, 6.07) is 8.70. The molecule has 1 aliphatic heterocycles. The second kappa shape index (κ2) is 8.46. The van der Waals surface area contributed by atoms with Crippen LogP contribution in [0.1, 0.15) is 37.4 Å². The number of carboxylic acid groups (broad SMARTS) is 1. The number of pyridine rings is 1. The average molecular weight is 459 g/mol. The summed E-state index contributed by atoms with van der Waals surface area (Å²) in [7, 11) is 1.53. The van der Waals surface area contributed by atoms with Crippen LogP contribution in [0, 0.1) is 11.2 Å². The molecule has 9 heteroatoms. The fraction of sp³-hybridized carbons (Fsp3) is 0.333. The molecule has 6 nitrogen and oxygen atoms in total. The monoisotopic (exact) mass is 459 g/mol. The largest absolute Gasteiger partial charge is 0.495 e. The summed E-state index contributed by atoms with van der Waals surface area (Å²) in [6.07, 6.45) is -1.31. The maximum absolute atomic E-state index is 14.6. The number of aromatic nitrogens is 1. The van der Waals surface area contributed by atoms with E-state index in [0.717, 1.165) is 17.1 Å². The van der Waals surface area contributed by atoms with E-state index in [4.69, 9.17) is 4.74 Å². The third-order valence-electron chi connectivity index (χ3n) is 6.11. The molecule has 1 atom stereocenters. The first-order valence-electron chi connectivity index (χ1n) is 10.4. The Morgan fingerprint density at radius 3 is 2.58 bits per heavy atom. The molecule has 1 fully saturated rings. The van der Waals surface area contributed by atoms with Gasteiger partial charge in [-0.05, 0) is 26.0 Å². The molecule has 0 saturated carbocycles. The van der Waals surface area contributed by atoms with Crippen LogP contribution < -0.4 is 15.0 Å². The Morgan fingerprint density at radius 1 is 1.24 bits per heavy atom. The standard InChI is InChI=1S/C24H24F3N3O3/c1-13(14-5-4-6-15(21(14)25)22(26)27)29-17-7-8-28-18-10-20(33-3)19(9-16(17)18)30-11-24(2,12-30)23(31)32/h4-10,13,22H,11-12H2,1-3H3,(H,28,29)(H,31,32)/t13-/m1/s1. The molecule has 174 valence electrons. The number of nitrogens with one attached hydrogen (secondary N) is 1. The molecular weight excluding hydrogens is 435 g/mol. The number of anilines is 2. The van der Waals surface area contributed by atoms with Crippen LogP contribution in [0.25, 0.3) is 10.9 Å². The Balaban J connectivity index is 1.69. The van der Waals surface area contributed by atoms with Crippen LogP contribution in [0.15, 0.2) is 42.6 Å². The van der Waals surface area contributed by atoms with E-state index in [2.05, 4.69) is 10.3 Å². The van der Waals surface area contributed by atoms with Crippen molar-refractivity contribution in [2.24, 2.45) is 5.41 Å². The molecule has 0 bridgehead atoms. The lowest BCUT2D eigenvalue weighted by Gasteiger charge is -2.46. The number of carboxylic acids is 1. The zero-order chi connectivity index (χ0) is 23.9. The normalized spacial score (nSPS) is 15.9. The van der Waals surface area contributed by atoms with Gasteiger partial charge in [-0.3, -0.25) is 9.78 Å². The lowest BCUT2D eigenvalue weighted by Crippen LogP contribution is -2.59. The molecule has 1 aromatic heterocycles. The lowest BCUT2D eigenvalue weighted by atomic mass is 9.81. The average Bonchev–Trinajstić information content (AvgIpc) is 2.76. The summed E-state index contributed by atoms with van der Waals surface area (Å²) in [5.41, 5.74) is 0.644. The predicted molar refractivity (Wildman–Crippen MR) is 120 cm³/mol. The third kappa shape index (κ3) is 4.03. The van der Waals surface area contributed by atoms with Crippen molar-refractivity contribution in [3.05, 3.63) is 59.5 Å². The third-order valence-corrected chi connectivity index (χ3v) is 6.11. The maximum atomic E-state index is 14.6. The first kappa shape index (κ1) is 22.7. The van der Waals surface area contributed by atoms with Gasteiger partial charge in [0.25, 0.3) is 6.43 Å². The van der Waals surface area contributed by atoms with Gasteiger partial charge in [-0.15, -0.1) is 0 Å². The molecule has 0 unspecified atom stereocenters. The van der Waals surface area contributed by atoms with Gasteiger partial charge in [0.15, 0.2) is 0 Å². The lowest BCUT2D eigenvalue weighted by molar-refractivity contribution is -0.149. The molecule has 0 radical (unpaired) electrons. The first-order valence-corrected chi connectivity index (χ1v) is 10.4. The highest BCUT2D eigenvalue weighted by Gasteiger charge is 2.46. The van der Waals surface area contributed by atoms with E-state index in [0.29, 0.717) is 30.0 Å². The van der Waals surface area contributed by atoms with Gasteiger partial charge >= 0.3 is 5.97 Å². The Kier molecular flexibility index (Phi) is 5.82. The van der Waals surface area contributed by atoms with E-state index >= 15 is 0 Å². The number of rotatable bonds is 7. The number of fused-ring (bicyclic) bond motifs is 1. The summed E-state index contributed by atoms with van der Waals surface area (Å²) >= 11 is 0. The van der Waals surface area contributed by atoms with Crippen LogP contribution >= 0.6 is 0 Å². The number of halogens is 3.